The molecule has 0 atom stereocenters. The van der Waals surface area contributed by atoms with Crippen molar-refractivity contribution in [2.45, 2.75) is 39.6 Å². The van der Waals surface area contributed by atoms with E-state index in [0.717, 1.165) is 0 Å². The minimum atomic E-state index is -4.82. The van der Waals surface area contributed by atoms with Gasteiger partial charge in [0, 0.05) is 24.8 Å². The molecular formula is C20H20F3N3O3. The standard InChI is InChI=1S/C20H20F3N3O3/c1-11(2)15-9-14(17-12(3)25-29-18(17)24-15)19(27)26(4)10-13-7-5-6-8-16(13)28-20(21,22)23/h5-9,11H,10H2,1-4H3. The second kappa shape index (κ2) is 7.73. The number of hydrogen-bond donors (Lipinski definition) is 0. The highest BCUT2D eigenvalue weighted by molar-refractivity contribution is 6.06. The largest absolute Gasteiger partial charge is 0.573 e. The van der Waals surface area contributed by atoms with Crippen molar-refractivity contribution in [1.29, 1.82) is 0 Å². The maximum Gasteiger partial charge on any atom is 0.573 e. The number of amides is 1. The van der Waals surface area contributed by atoms with E-state index in [1.165, 1.54) is 30.1 Å². The third kappa shape index (κ3) is 4.49. The van der Waals surface area contributed by atoms with Gasteiger partial charge >= 0.3 is 6.36 Å². The maximum absolute atomic E-state index is 13.2. The number of pyridine rings is 1. The number of carbonyl (C=O) groups is 1. The predicted octanol–water partition coefficient (Wildman–Crippen LogP) is 4.83. The fraction of sp³-hybridized carbons (Fsp3) is 0.350. The van der Waals surface area contributed by atoms with Crippen molar-refractivity contribution in [3.05, 3.63) is 52.8 Å². The Morgan fingerprint density at radius 2 is 1.97 bits per heavy atom. The molecule has 3 aromatic rings. The quantitative estimate of drug-likeness (QED) is 0.606. The second-order valence-electron chi connectivity index (χ2n) is 7.01. The minimum absolute atomic E-state index is 0.0440. The van der Waals surface area contributed by atoms with Crippen LogP contribution in [0.1, 0.15) is 47.1 Å². The number of aryl methyl sites for hydroxylation is 1. The molecule has 6 nitrogen and oxygen atoms in total. The van der Waals surface area contributed by atoms with Crippen molar-refractivity contribution in [2.24, 2.45) is 0 Å². The third-order valence-corrected chi connectivity index (χ3v) is 4.41. The van der Waals surface area contributed by atoms with Crippen LogP contribution in [-0.4, -0.2) is 34.4 Å². The van der Waals surface area contributed by atoms with Gasteiger partial charge in [0.25, 0.3) is 11.6 Å². The summed E-state index contributed by atoms with van der Waals surface area (Å²) >= 11 is 0. The number of benzene rings is 1. The first-order chi connectivity index (χ1) is 13.6. The van der Waals surface area contributed by atoms with Crippen molar-refractivity contribution in [2.75, 3.05) is 7.05 Å². The third-order valence-electron chi connectivity index (χ3n) is 4.41. The van der Waals surface area contributed by atoms with E-state index in [4.69, 9.17) is 4.52 Å². The molecule has 0 saturated heterocycles. The first kappa shape index (κ1) is 20.6. The highest BCUT2D eigenvalue weighted by atomic mass is 19.4. The summed E-state index contributed by atoms with van der Waals surface area (Å²) in [7, 11) is 1.51. The SMILES string of the molecule is Cc1noc2nc(C(C)C)cc(C(=O)N(C)Cc3ccccc3OC(F)(F)F)c12. The van der Waals surface area contributed by atoms with E-state index in [-0.39, 0.29) is 35.4 Å². The number of fused-ring (bicyclic) bond motifs is 1. The van der Waals surface area contributed by atoms with Gasteiger partial charge in [0.1, 0.15) is 5.75 Å². The van der Waals surface area contributed by atoms with Crippen LogP contribution in [0.4, 0.5) is 13.2 Å². The summed E-state index contributed by atoms with van der Waals surface area (Å²) < 4.78 is 47.3. The summed E-state index contributed by atoms with van der Waals surface area (Å²) in [6.45, 7) is 5.49. The molecule has 1 aromatic carbocycles. The van der Waals surface area contributed by atoms with E-state index in [1.807, 2.05) is 13.8 Å². The van der Waals surface area contributed by atoms with E-state index >= 15 is 0 Å². The maximum atomic E-state index is 13.2. The number of hydrogen-bond acceptors (Lipinski definition) is 5. The Labute approximate surface area is 165 Å². The summed E-state index contributed by atoms with van der Waals surface area (Å²) in [5.41, 5.74) is 2.00. The molecule has 0 unspecified atom stereocenters. The van der Waals surface area contributed by atoms with Crippen LogP contribution in [0.25, 0.3) is 11.1 Å². The first-order valence-corrected chi connectivity index (χ1v) is 8.93. The Balaban J connectivity index is 1.95. The predicted molar refractivity (Wildman–Crippen MR) is 99.6 cm³/mol. The van der Waals surface area contributed by atoms with Crippen LogP contribution in [0.2, 0.25) is 0 Å². The number of alkyl halides is 3. The molecule has 0 aliphatic rings. The van der Waals surface area contributed by atoms with Gasteiger partial charge in [-0.1, -0.05) is 37.2 Å². The van der Waals surface area contributed by atoms with Gasteiger partial charge in [-0.25, -0.2) is 4.98 Å². The monoisotopic (exact) mass is 407 g/mol. The van der Waals surface area contributed by atoms with Crippen LogP contribution < -0.4 is 4.74 Å². The molecule has 0 aliphatic heterocycles. The van der Waals surface area contributed by atoms with Gasteiger partial charge in [-0.3, -0.25) is 4.79 Å². The van der Waals surface area contributed by atoms with Gasteiger partial charge < -0.3 is 14.2 Å². The molecule has 9 heteroatoms. The normalized spacial score (nSPS) is 11.9. The topological polar surface area (TPSA) is 68.5 Å². The summed E-state index contributed by atoms with van der Waals surface area (Å²) in [4.78, 5) is 18.9. The Hall–Kier alpha value is -3.10. The van der Waals surface area contributed by atoms with Gasteiger partial charge in [0.2, 0.25) is 0 Å². The Morgan fingerprint density at radius 3 is 2.62 bits per heavy atom. The van der Waals surface area contributed by atoms with E-state index in [9.17, 15) is 18.0 Å². The fourth-order valence-electron chi connectivity index (χ4n) is 2.97. The van der Waals surface area contributed by atoms with Crippen molar-refractivity contribution in [1.82, 2.24) is 15.0 Å². The molecule has 29 heavy (non-hydrogen) atoms. The van der Waals surface area contributed by atoms with Gasteiger partial charge in [-0.05, 0) is 25.0 Å². The highest BCUT2D eigenvalue weighted by Crippen LogP contribution is 2.29. The lowest BCUT2D eigenvalue weighted by Crippen LogP contribution is -2.27. The molecule has 0 fully saturated rings. The lowest BCUT2D eigenvalue weighted by molar-refractivity contribution is -0.275. The van der Waals surface area contributed by atoms with Gasteiger partial charge in [-0.2, -0.15) is 0 Å². The molecule has 0 saturated carbocycles. The molecule has 3 rings (SSSR count). The molecule has 154 valence electrons. The molecule has 1 amide bonds. The molecule has 0 N–H and O–H groups in total. The smallest absolute Gasteiger partial charge is 0.405 e. The molecule has 0 radical (unpaired) electrons. The lowest BCUT2D eigenvalue weighted by Gasteiger charge is -2.20. The van der Waals surface area contributed by atoms with Crippen LogP contribution >= 0.6 is 0 Å². The summed E-state index contributed by atoms with van der Waals surface area (Å²) in [5.74, 6) is -0.682. The van der Waals surface area contributed by atoms with Crippen molar-refractivity contribution in [3.63, 3.8) is 0 Å². The first-order valence-electron chi connectivity index (χ1n) is 8.93. The van der Waals surface area contributed by atoms with Gasteiger partial charge in [0.15, 0.2) is 0 Å². The van der Waals surface area contributed by atoms with E-state index in [1.54, 1.807) is 19.1 Å². The molecule has 0 aliphatic carbocycles. The number of nitrogens with zero attached hydrogens (tertiary/aromatic N) is 3. The van der Waals surface area contributed by atoms with Gasteiger partial charge in [-0.15, -0.1) is 13.2 Å². The zero-order valence-electron chi connectivity index (χ0n) is 16.4. The molecule has 0 bridgehead atoms. The number of halogens is 3. The summed E-state index contributed by atoms with van der Waals surface area (Å²) in [5, 5.41) is 4.38. The van der Waals surface area contributed by atoms with Crippen LogP contribution in [0, 0.1) is 6.92 Å². The average Bonchev–Trinajstić information content (AvgIpc) is 3.02. The number of rotatable bonds is 5. The highest BCUT2D eigenvalue weighted by Gasteiger charge is 2.32. The number of carbonyl (C=O) groups excluding carboxylic acids is 1. The van der Waals surface area contributed by atoms with E-state index in [0.29, 0.717) is 22.3 Å². The van der Waals surface area contributed by atoms with E-state index in [2.05, 4.69) is 14.9 Å². The van der Waals surface area contributed by atoms with Crippen LogP contribution in [0.5, 0.6) is 5.75 Å². The Morgan fingerprint density at radius 1 is 1.28 bits per heavy atom. The van der Waals surface area contributed by atoms with E-state index < -0.39 is 6.36 Å². The van der Waals surface area contributed by atoms with Crippen LogP contribution in [-0.2, 0) is 6.54 Å². The number of aromatic nitrogens is 2. The molecule has 2 heterocycles. The lowest BCUT2D eigenvalue weighted by atomic mass is 10.0. The van der Waals surface area contributed by atoms with Crippen molar-refractivity contribution in [3.8, 4) is 5.75 Å². The number of ether oxygens (including phenoxy) is 1. The number of para-hydroxylation sites is 1. The fourth-order valence-corrected chi connectivity index (χ4v) is 2.97. The Bertz CT molecular complexity index is 1040. The summed E-state index contributed by atoms with van der Waals surface area (Å²) in [6.07, 6.45) is -4.82. The van der Waals surface area contributed by atoms with Crippen molar-refractivity contribution >= 4 is 17.0 Å². The minimum Gasteiger partial charge on any atom is -0.405 e. The molecule has 2 aromatic heterocycles. The second-order valence-corrected chi connectivity index (χ2v) is 7.01. The Kier molecular flexibility index (Phi) is 5.50. The molecular weight excluding hydrogens is 387 g/mol. The van der Waals surface area contributed by atoms with Gasteiger partial charge in [0.05, 0.1) is 16.6 Å². The molecule has 0 spiro atoms. The van der Waals surface area contributed by atoms with Crippen LogP contribution in [0.3, 0.4) is 0 Å². The zero-order chi connectivity index (χ0) is 21.3. The van der Waals surface area contributed by atoms with Crippen molar-refractivity contribution < 1.29 is 27.2 Å². The van der Waals surface area contributed by atoms with Crippen LogP contribution in [0.15, 0.2) is 34.9 Å². The zero-order valence-corrected chi connectivity index (χ0v) is 16.4. The average molecular weight is 407 g/mol. The summed E-state index contributed by atoms with van der Waals surface area (Å²) in [6, 6.07) is 7.40.